The first-order valence-electron chi connectivity index (χ1n) is 8.59. The second-order valence-corrected chi connectivity index (χ2v) is 7.45. The summed E-state index contributed by atoms with van der Waals surface area (Å²) in [5.41, 5.74) is 2.28. The van der Waals surface area contributed by atoms with E-state index in [1.807, 2.05) is 50.2 Å². The smallest absolute Gasteiger partial charge is 0.228 e. The molecule has 27 heavy (non-hydrogen) atoms. The normalized spacial score (nSPS) is 10.8. The fraction of sp³-hybridized carbons (Fsp3) is 0.250. The molecule has 0 spiro atoms. The molecule has 6 nitrogen and oxygen atoms in total. The summed E-state index contributed by atoms with van der Waals surface area (Å²) in [4.78, 5) is 28.6. The van der Waals surface area contributed by atoms with Crippen LogP contribution < -0.4 is 15.4 Å². The molecule has 0 aliphatic rings. The second kappa shape index (κ2) is 8.18. The van der Waals surface area contributed by atoms with Crippen molar-refractivity contribution in [1.82, 2.24) is 4.98 Å². The number of aromatic nitrogens is 1. The van der Waals surface area contributed by atoms with E-state index in [9.17, 15) is 9.59 Å². The Hall–Kier alpha value is -2.93. The van der Waals surface area contributed by atoms with Gasteiger partial charge in [-0.1, -0.05) is 37.3 Å². The van der Waals surface area contributed by atoms with E-state index in [2.05, 4.69) is 15.6 Å². The molecule has 0 fully saturated rings. The monoisotopic (exact) mass is 383 g/mol. The van der Waals surface area contributed by atoms with Gasteiger partial charge in [0.15, 0.2) is 5.13 Å². The van der Waals surface area contributed by atoms with Gasteiger partial charge in [0.25, 0.3) is 0 Å². The molecule has 7 heteroatoms. The summed E-state index contributed by atoms with van der Waals surface area (Å²) in [6.07, 6.45) is 0.252. The maximum atomic E-state index is 12.3. The Morgan fingerprint density at radius 3 is 2.70 bits per heavy atom. The predicted molar refractivity (Wildman–Crippen MR) is 108 cm³/mol. The number of methoxy groups -OCH3 is 1. The molecule has 140 valence electrons. The van der Waals surface area contributed by atoms with E-state index in [0.717, 1.165) is 21.5 Å². The predicted octanol–water partition coefficient (Wildman–Crippen LogP) is 4.08. The molecule has 2 aromatic carbocycles. The van der Waals surface area contributed by atoms with Crippen LogP contribution in [0.2, 0.25) is 0 Å². The first-order valence-corrected chi connectivity index (χ1v) is 9.40. The number of carbonyl (C=O) groups is 2. The molecule has 3 aromatic rings. The van der Waals surface area contributed by atoms with Crippen LogP contribution in [0.3, 0.4) is 0 Å². The van der Waals surface area contributed by atoms with Crippen molar-refractivity contribution in [3.63, 3.8) is 0 Å². The number of anilines is 2. The van der Waals surface area contributed by atoms with Crippen LogP contribution in [-0.2, 0) is 16.0 Å². The second-order valence-electron chi connectivity index (χ2n) is 6.42. The third kappa shape index (κ3) is 4.83. The molecule has 0 aliphatic carbocycles. The molecular formula is C20H21N3O3S. The fourth-order valence-corrected chi connectivity index (χ4v) is 3.33. The van der Waals surface area contributed by atoms with Crippen molar-refractivity contribution >= 4 is 44.2 Å². The zero-order valence-electron chi connectivity index (χ0n) is 15.4. The van der Waals surface area contributed by atoms with Gasteiger partial charge < -0.3 is 15.4 Å². The Balaban J connectivity index is 1.69. The van der Waals surface area contributed by atoms with E-state index in [1.165, 1.54) is 11.3 Å². The number of rotatable bonds is 6. The van der Waals surface area contributed by atoms with Crippen molar-refractivity contribution in [2.24, 2.45) is 5.92 Å². The summed E-state index contributed by atoms with van der Waals surface area (Å²) in [5, 5.41) is 6.25. The molecular weight excluding hydrogens is 362 g/mol. The summed E-state index contributed by atoms with van der Waals surface area (Å²) in [6.45, 7) is 3.66. The molecule has 0 radical (unpaired) electrons. The van der Waals surface area contributed by atoms with Gasteiger partial charge in [-0.05, 0) is 35.9 Å². The Morgan fingerprint density at radius 2 is 1.96 bits per heavy atom. The van der Waals surface area contributed by atoms with Crippen molar-refractivity contribution in [3.05, 3.63) is 48.0 Å². The Labute approximate surface area is 161 Å². The van der Waals surface area contributed by atoms with Gasteiger partial charge in [-0.2, -0.15) is 0 Å². The van der Waals surface area contributed by atoms with E-state index in [4.69, 9.17) is 4.74 Å². The summed E-state index contributed by atoms with van der Waals surface area (Å²) in [7, 11) is 1.60. The first-order chi connectivity index (χ1) is 12.9. The third-order valence-electron chi connectivity index (χ3n) is 3.92. The van der Waals surface area contributed by atoms with Crippen molar-refractivity contribution in [1.29, 1.82) is 0 Å². The number of nitrogens with zero attached hydrogens (tertiary/aromatic N) is 1. The highest BCUT2D eigenvalue weighted by atomic mass is 32.1. The lowest BCUT2D eigenvalue weighted by atomic mass is 10.1. The number of hydrogen-bond acceptors (Lipinski definition) is 5. The van der Waals surface area contributed by atoms with Crippen LogP contribution in [0, 0.1) is 5.92 Å². The lowest BCUT2D eigenvalue weighted by Gasteiger charge is -2.06. The van der Waals surface area contributed by atoms with Crippen LogP contribution in [0.15, 0.2) is 42.5 Å². The number of benzene rings is 2. The average molecular weight is 383 g/mol. The standard InChI is InChI=1S/C20H21N3O3S/c1-12(2)19(25)23-20-22-16-11-14(7-8-17(16)27-20)21-18(24)10-13-5-4-6-15(9-13)26-3/h4-9,11-12H,10H2,1-3H3,(H,21,24)(H,22,23,25). The van der Waals surface area contributed by atoms with Crippen LogP contribution in [-0.4, -0.2) is 23.9 Å². The first kappa shape index (κ1) is 18.8. The van der Waals surface area contributed by atoms with Crippen LogP contribution in [0.4, 0.5) is 10.8 Å². The molecule has 0 saturated carbocycles. The molecule has 0 atom stereocenters. The summed E-state index contributed by atoms with van der Waals surface area (Å²) < 4.78 is 6.12. The number of ether oxygens (including phenoxy) is 1. The number of nitrogens with one attached hydrogen (secondary N) is 2. The highest BCUT2D eigenvalue weighted by Crippen LogP contribution is 2.28. The summed E-state index contributed by atoms with van der Waals surface area (Å²) >= 11 is 1.41. The average Bonchev–Trinajstić information content (AvgIpc) is 3.03. The highest BCUT2D eigenvalue weighted by Gasteiger charge is 2.12. The lowest BCUT2D eigenvalue weighted by molar-refractivity contribution is -0.119. The van der Waals surface area contributed by atoms with Gasteiger partial charge >= 0.3 is 0 Å². The molecule has 0 unspecified atom stereocenters. The van der Waals surface area contributed by atoms with Crippen molar-refractivity contribution in [2.75, 3.05) is 17.7 Å². The van der Waals surface area contributed by atoms with E-state index in [1.54, 1.807) is 13.2 Å². The molecule has 2 N–H and O–H groups in total. The van der Waals surface area contributed by atoms with Crippen molar-refractivity contribution < 1.29 is 14.3 Å². The van der Waals surface area contributed by atoms with Crippen molar-refractivity contribution in [2.45, 2.75) is 20.3 Å². The van der Waals surface area contributed by atoms with E-state index in [0.29, 0.717) is 10.8 Å². The Bertz CT molecular complexity index is 982. The zero-order valence-corrected chi connectivity index (χ0v) is 16.2. The van der Waals surface area contributed by atoms with Crippen LogP contribution >= 0.6 is 11.3 Å². The molecule has 3 rings (SSSR count). The van der Waals surface area contributed by atoms with Gasteiger partial charge in [0, 0.05) is 11.6 Å². The zero-order chi connectivity index (χ0) is 19.4. The molecule has 2 amide bonds. The number of amides is 2. The topological polar surface area (TPSA) is 80.3 Å². The van der Waals surface area contributed by atoms with Gasteiger partial charge in [0.1, 0.15) is 5.75 Å². The van der Waals surface area contributed by atoms with Gasteiger partial charge in [-0.3, -0.25) is 9.59 Å². The van der Waals surface area contributed by atoms with Gasteiger partial charge in [0.2, 0.25) is 11.8 Å². The highest BCUT2D eigenvalue weighted by molar-refractivity contribution is 7.22. The van der Waals surface area contributed by atoms with E-state index in [-0.39, 0.29) is 24.2 Å². The minimum Gasteiger partial charge on any atom is -0.497 e. The molecule has 0 saturated heterocycles. The molecule has 0 bridgehead atoms. The number of thiazole rings is 1. The SMILES string of the molecule is COc1cccc(CC(=O)Nc2ccc3sc(NC(=O)C(C)C)nc3c2)c1. The number of fused-ring (bicyclic) bond motifs is 1. The lowest BCUT2D eigenvalue weighted by Crippen LogP contribution is -2.17. The van der Waals surface area contributed by atoms with Gasteiger partial charge in [0.05, 0.1) is 23.7 Å². The minimum absolute atomic E-state index is 0.0686. The molecule has 0 aliphatic heterocycles. The van der Waals surface area contributed by atoms with Gasteiger partial charge in [-0.25, -0.2) is 4.98 Å². The van der Waals surface area contributed by atoms with E-state index >= 15 is 0 Å². The number of hydrogen-bond donors (Lipinski definition) is 2. The Kier molecular flexibility index (Phi) is 5.71. The number of carbonyl (C=O) groups excluding carboxylic acids is 2. The fourth-order valence-electron chi connectivity index (χ4n) is 2.48. The third-order valence-corrected chi connectivity index (χ3v) is 4.88. The Morgan fingerprint density at radius 1 is 1.15 bits per heavy atom. The minimum atomic E-state index is -0.119. The largest absolute Gasteiger partial charge is 0.497 e. The van der Waals surface area contributed by atoms with Crippen LogP contribution in [0.1, 0.15) is 19.4 Å². The molecule has 1 heterocycles. The molecule has 1 aromatic heterocycles. The van der Waals surface area contributed by atoms with Gasteiger partial charge in [-0.15, -0.1) is 0 Å². The van der Waals surface area contributed by atoms with Crippen LogP contribution in [0.5, 0.6) is 5.75 Å². The van der Waals surface area contributed by atoms with E-state index < -0.39 is 0 Å². The maximum absolute atomic E-state index is 12.3. The quantitative estimate of drug-likeness (QED) is 0.672. The van der Waals surface area contributed by atoms with Crippen molar-refractivity contribution in [3.8, 4) is 5.75 Å². The summed E-state index contributed by atoms with van der Waals surface area (Å²) in [5.74, 6) is 0.427. The van der Waals surface area contributed by atoms with Crippen LogP contribution in [0.25, 0.3) is 10.2 Å². The maximum Gasteiger partial charge on any atom is 0.228 e. The summed E-state index contributed by atoms with van der Waals surface area (Å²) in [6, 6.07) is 12.9.